The number of nitrogens with two attached hydrogens (primary N) is 1. The van der Waals surface area contributed by atoms with Crippen molar-refractivity contribution in [2.24, 2.45) is 0 Å². The van der Waals surface area contributed by atoms with E-state index in [1.807, 2.05) is 6.07 Å². The molecule has 3 heterocycles. The second-order valence-electron chi connectivity index (χ2n) is 6.87. The van der Waals surface area contributed by atoms with Gasteiger partial charge in [0.15, 0.2) is 5.58 Å². The predicted octanol–water partition coefficient (Wildman–Crippen LogP) is 3.54. The lowest BCUT2D eigenvalue weighted by Gasteiger charge is -2.21. The lowest BCUT2D eigenvalue weighted by molar-refractivity contribution is 0.0527. The van der Waals surface area contributed by atoms with Crippen molar-refractivity contribution >= 4 is 33.9 Å². The quantitative estimate of drug-likeness (QED) is 0.557. The van der Waals surface area contributed by atoms with Crippen LogP contribution in [0.1, 0.15) is 61.0 Å². The molecule has 0 atom stereocenters. The van der Waals surface area contributed by atoms with E-state index in [-0.39, 0.29) is 34.5 Å². The van der Waals surface area contributed by atoms with Crippen LogP contribution < -0.4 is 11.2 Å². The summed E-state index contributed by atoms with van der Waals surface area (Å²) in [6.07, 6.45) is 7.37. The van der Waals surface area contributed by atoms with Gasteiger partial charge in [0.05, 0.1) is 23.6 Å². The van der Waals surface area contributed by atoms with Gasteiger partial charge >= 0.3 is 5.97 Å². The van der Waals surface area contributed by atoms with E-state index < -0.39 is 5.97 Å². The molecule has 0 aliphatic heterocycles. The molecule has 2 N–H and O–H groups in total. The first-order valence-electron chi connectivity index (χ1n) is 9.28. The average Bonchev–Trinajstić information content (AvgIpc) is 2.68. The van der Waals surface area contributed by atoms with Gasteiger partial charge in [-0.15, -0.1) is 0 Å². The minimum Gasteiger partial charge on any atom is -0.462 e. The van der Waals surface area contributed by atoms with Crippen LogP contribution in [0.3, 0.4) is 0 Å². The van der Waals surface area contributed by atoms with Crippen LogP contribution in [0.4, 0.5) is 5.82 Å². The van der Waals surface area contributed by atoms with Crippen LogP contribution in [-0.4, -0.2) is 22.5 Å². The van der Waals surface area contributed by atoms with E-state index in [0.29, 0.717) is 16.9 Å². The van der Waals surface area contributed by atoms with Gasteiger partial charge in [-0.05, 0) is 31.9 Å². The van der Waals surface area contributed by atoms with Gasteiger partial charge in [0, 0.05) is 11.6 Å². The molecule has 0 aromatic carbocycles. The minimum absolute atomic E-state index is 0.0322. The summed E-state index contributed by atoms with van der Waals surface area (Å²) in [4.78, 5) is 33.7. The summed E-state index contributed by atoms with van der Waals surface area (Å²) in [5.74, 6) is -0.269. The largest absolute Gasteiger partial charge is 0.462 e. The zero-order valence-corrected chi connectivity index (χ0v) is 15.2. The molecular weight excluding hydrogens is 346 g/mol. The highest BCUT2D eigenvalue weighted by Gasteiger charge is 2.20. The molecule has 0 amide bonds. The lowest BCUT2D eigenvalue weighted by Crippen LogP contribution is -2.13. The van der Waals surface area contributed by atoms with Crippen molar-refractivity contribution < 1.29 is 13.9 Å². The Labute approximate surface area is 155 Å². The number of hydrogen-bond donors (Lipinski definition) is 1. The number of fused-ring (bicyclic) bond motifs is 2. The summed E-state index contributed by atoms with van der Waals surface area (Å²) in [5.41, 5.74) is 7.04. The third-order valence-electron chi connectivity index (χ3n) is 5.12. The molecule has 3 aromatic rings. The SMILES string of the molecule is CCOC(=O)c1cc2c(=O)c3cc(C4CCCCC4)ncc3oc2nc1N. The monoisotopic (exact) mass is 367 g/mol. The fourth-order valence-electron chi connectivity index (χ4n) is 3.71. The maximum absolute atomic E-state index is 13.0. The Hall–Kier alpha value is -2.96. The molecule has 1 aliphatic rings. The zero-order valence-electron chi connectivity index (χ0n) is 15.2. The van der Waals surface area contributed by atoms with Gasteiger partial charge in [-0.3, -0.25) is 9.78 Å². The smallest absolute Gasteiger partial charge is 0.341 e. The molecule has 0 unspecified atom stereocenters. The second-order valence-corrected chi connectivity index (χ2v) is 6.87. The number of aromatic nitrogens is 2. The first-order chi connectivity index (χ1) is 13.1. The molecule has 140 valence electrons. The topological polar surface area (TPSA) is 108 Å². The number of carbonyl (C=O) groups excluding carboxylic acids is 1. The molecule has 0 spiro atoms. The number of ether oxygens (including phenoxy) is 1. The number of rotatable bonds is 3. The van der Waals surface area contributed by atoms with E-state index in [9.17, 15) is 9.59 Å². The highest BCUT2D eigenvalue weighted by Crippen LogP contribution is 2.32. The van der Waals surface area contributed by atoms with Crippen LogP contribution in [0.25, 0.3) is 22.1 Å². The van der Waals surface area contributed by atoms with Gasteiger partial charge in [0.1, 0.15) is 11.4 Å². The van der Waals surface area contributed by atoms with Crippen molar-refractivity contribution in [3.8, 4) is 0 Å². The van der Waals surface area contributed by atoms with Crippen molar-refractivity contribution in [2.75, 3.05) is 12.3 Å². The number of carbonyl (C=O) groups is 1. The third-order valence-corrected chi connectivity index (χ3v) is 5.12. The molecule has 0 radical (unpaired) electrons. The van der Waals surface area contributed by atoms with Crippen LogP contribution in [-0.2, 0) is 4.74 Å². The first-order valence-corrected chi connectivity index (χ1v) is 9.28. The van der Waals surface area contributed by atoms with E-state index in [4.69, 9.17) is 14.9 Å². The molecule has 7 nitrogen and oxygen atoms in total. The van der Waals surface area contributed by atoms with Crippen molar-refractivity contribution in [2.45, 2.75) is 44.9 Å². The average molecular weight is 367 g/mol. The molecule has 7 heteroatoms. The standard InChI is InChI=1S/C20H21N3O4/c1-2-26-20(25)14-8-13-17(24)12-9-15(11-6-4-3-5-7-11)22-10-16(12)27-19(13)23-18(14)21/h8-11H,2-7H2,1H3,(H2,21,23). The van der Waals surface area contributed by atoms with Gasteiger partial charge in [-0.2, -0.15) is 4.98 Å². The summed E-state index contributed by atoms with van der Waals surface area (Å²) in [7, 11) is 0. The molecule has 1 aliphatic carbocycles. The van der Waals surface area contributed by atoms with E-state index in [2.05, 4.69) is 9.97 Å². The van der Waals surface area contributed by atoms with Crippen molar-refractivity contribution in [3.05, 3.63) is 39.8 Å². The van der Waals surface area contributed by atoms with Crippen LogP contribution in [0, 0.1) is 0 Å². The molecule has 1 saturated carbocycles. The maximum Gasteiger partial charge on any atom is 0.341 e. The van der Waals surface area contributed by atoms with Gasteiger partial charge in [-0.1, -0.05) is 19.3 Å². The van der Waals surface area contributed by atoms with E-state index in [1.54, 1.807) is 13.1 Å². The van der Waals surface area contributed by atoms with Gasteiger partial charge in [-0.25, -0.2) is 4.79 Å². The van der Waals surface area contributed by atoms with Crippen LogP contribution >= 0.6 is 0 Å². The number of anilines is 1. The minimum atomic E-state index is -0.610. The lowest BCUT2D eigenvalue weighted by atomic mass is 9.86. The fourth-order valence-corrected chi connectivity index (χ4v) is 3.71. The molecular formula is C20H21N3O4. The van der Waals surface area contributed by atoms with Crippen LogP contribution in [0.5, 0.6) is 0 Å². The summed E-state index contributed by atoms with van der Waals surface area (Å²) < 4.78 is 10.7. The van der Waals surface area contributed by atoms with E-state index in [0.717, 1.165) is 18.5 Å². The van der Waals surface area contributed by atoms with Gasteiger partial charge in [0.2, 0.25) is 11.1 Å². The summed E-state index contributed by atoms with van der Waals surface area (Å²) in [5, 5.41) is 0.653. The van der Waals surface area contributed by atoms with Gasteiger partial charge in [0.25, 0.3) is 0 Å². The summed E-state index contributed by atoms with van der Waals surface area (Å²) >= 11 is 0. The molecule has 4 rings (SSSR count). The van der Waals surface area contributed by atoms with Crippen LogP contribution in [0.15, 0.2) is 27.5 Å². The Morgan fingerprint density at radius 2 is 2.04 bits per heavy atom. The highest BCUT2D eigenvalue weighted by atomic mass is 16.5. The Bertz CT molecular complexity index is 1080. The summed E-state index contributed by atoms with van der Waals surface area (Å²) in [6.45, 7) is 1.91. The van der Waals surface area contributed by atoms with E-state index >= 15 is 0 Å². The molecule has 0 bridgehead atoms. The Morgan fingerprint density at radius 3 is 2.78 bits per heavy atom. The molecule has 0 saturated heterocycles. The normalized spacial score (nSPS) is 15.3. The summed E-state index contributed by atoms with van der Waals surface area (Å²) in [6, 6.07) is 3.22. The predicted molar refractivity (Wildman–Crippen MR) is 102 cm³/mol. The highest BCUT2D eigenvalue weighted by molar-refractivity contribution is 5.99. The number of esters is 1. The maximum atomic E-state index is 13.0. The number of nitrogens with zero attached hydrogens (tertiary/aromatic N) is 2. The number of hydrogen-bond acceptors (Lipinski definition) is 7. The van der Waals surface area contributed by atoms with Gasteiger partial charge < -0.3 is 14.9 Å². The van der Waals surface area contributed by atoms with Crippen molar-refractivity contribution in [1.29, 1.82) is 0 Å². The van der Waals surface area contributed by atoms with Crippen molar-refractivity contribution in [3.63, 3.8) is 0 Å². The molecule has 27 heavy (non-hydrogen) atoms. The fraction of sp³-hybridized carbons (Fsp3) is 0.400. The first kappa shape index (κ1) is 17.5. The Morgan fingerprint density at radius 1 is 1.26 bits per heavy atom. The zero-order chi connectivity index (χ0) is 19.0. The van der Waals surface area contributed by atoms with Crippen molar-refractivity contribution in [1.82, 2.24) is 9.97 Å². The Balaban J connectivity index is 1.88. The van der Waals surface area contributed by atoms with E-state index in [1.165, 1.54) is 25.3 Å². The molecule has 3 aromatic heterocycles. The third kappa shape index (κ3) is 3.13. The Kier molecular flexibility index (Phi) is 4.51. The second kappa shape index (κ2) is 6.98. The molecule has 1 fully saturated rings. The van der Waals surface area contributed by atoms with Crippen LogP contribution in [0.2, 0.25) is 0 Å². The number of pyridine rings is 2. The number of nitrogen functional groups attached to an aromatic ring is 1.